The number of hydrogen-bond acceptors (Lipinski definition) is 31. The van der Waals surface area contributed by atoms with Crippen molar-refractivity contribution in [3.8, 4) is 11.5 Å². The summed E-state index contributed by atoms with van der Waals surface area (Å²) in [5, 5.41) is 66.4. The third-order valence-corrected chi connectivity index (χ3v) is 23.5. The SMILES string of the molecule is CC(C)[C@H](N)C(=O)N[C@H](C(=O)O[C@@H](C[n+]1cc[nH]c1)C(=O)CC[C@@H](CCCCNC(=O)COCCOCCNC(=O)COCCOCCCC(=O)CC[C@H](NC(=O)CCCCCCCCCOc1ccc(C(=O)O)cc1)C(=O)O)C(=O)CN[C@@H](CCCCNC(=O)COCCOCCCC(=O)COCCOCCNC(=O)CC[C@H](CC(=O)CCCCCCCCCOc1ccc(C(=O)O)cc1)C(=O)O)C(=O)CO)C(C)C. The van der Waals surface area contributed by atoms with Crippen molar-refractivity contribution in [1.29, 1.82) is 0 Å². The summed E-state index contributed by atoms with van der Waals surface area (Å²) in [6.45, 7) is 8.31. The minimum atomic E-state index is -1.35. The number of nitrogens with one attached hydrogen (secondary N) is 8. The van der Waals surface area contributed by atoms with Gasteiger partial charge in [-0.2, -0.15) is 0 Å². The van der Waals surface area contributed by atoms with Crippen molar-refractivity contribution in [2.45, 2.75) is 276 Å². The molecule has 6 amide bonds. The van der Waals surface area contributed by atoms with E-state index in [9.17, 15) is 96.8 Å². The maximum Gasteiger partial charge on any atom is 0.335 e. The fourth-order valence-corrected chi connectivity index (χ4v) is 14.8. The number of amides is 6. The predicted octanol–water partition coefficient (Wildman–Crippen LogP) is 6.61. The number of rotatable bonds is 97. The van der Waals surface area contributed by atoms with E-state index < -0.39 is 120 Å². The number of aliphatic hydroxyl groups excluding tert-OH is 1. The summed E-state index contributed by atoms with van der Waals surface area (Å²) in [4.78, 5) is 217. The molecule has 0 radical (unpaired) electrons. The molecule has 0 fully saturated rings. The first-order valence-corrected chi connectivity index (χ1v) is 51.4. The third kappa shape index (κ3) is 65.6. The van der Waals surface area contributed by atoms with E-state index in [-0.39, 0.29) is 280 Å². The summed E-state index contributed by atoms with van der Waals surface area (Å²) in [6.07, 6.45) is 19.1. The number of carboxylic acid groups (broad SMARTS) is 4. The van der Waals surface area contributed by atoms with E-state index in [0.29, 0.717) is 76.1 Å². The lowest BCUT2D eigenvalue weighted by molar-refractivity contribution is -0.699. The van der Waals surface area contributed by atoms with Crippen molar-refractivity contribution in [2.24, 2.45) is 29.4 Å². The first kappa shape index (κ1) is 129. The predicted molar refractivity (Wildman–Crippen MR) is 532 cm³/mol. The molecule has 0 unspecified atom stereocenters. The second-order valence-electron chi connectivity index (χ2n) is 36.4. The van der Waals surface area contributed by atoms with Gasteiger partial charge in [0.1, 0.15) is 92.9 Å². The van der Waals surface area contributed by atoms with Gasteiger partial charge in [-0.05, 0) is 150 Å². The molecule has 2 aromatic carbocycles. The Labute approximate surface area is 855 Å². The summed E-state index contributed by atoms with van der Waals surface area (Å²) in [6, 6.07) is 8.30. The number of carboxylic acids is 4. The number of unbranched alkanes of at least 4 members (excludes halogenated alkanes) is 14. The molecule has 0 aliphatic heterocycles. The lowest BCUT2D eigenvalue weighted by Gasteiger charge is -2.26. The summed E-state index contributed by atoms with van der Waals surface area (Å²) in [5.74, 6) is -10.8. The second-order valence-corrected chi connectivity index (χ2v) is 36.4. The van der Waals surface area contributed by atoms with Crippen LogP contribution in [0.5, 0.6) is 11.5 Å². The first-order valence-electron chi connectivity index (χ1n) is 51.4. The Bertz CT molecular complexity index is 4260. The van der Waals surface area contributed by atoms with Gasteiger partial charge in [-0.3, -0.25) is 67.3 Å². The van der Waals surface area contributed by atoms with Crippen LogP contribution in [0.25, 0.3) is 0 Å². The van der Waals surface area contributed by atoms with Crippen molar-refractivity contribution < 1.29 is 164 Å². The molecule has 1 aromatic heterocycles. The summed E-state index contributed by atoms with van der Waals surface area (Å²) in [7, 11) is 0. The highest BCUT2D eigenvalue weighted by molar-refractivity contribution is 5.92. The number of Topliss-reactive ketones (excluding diaryl/α,β-unsaturated/α-hetero) is 6. The van der Waals surface area contributed by atoms with Gasteiger partial charge < -0.3 is 121 Å². The Morgan fingerprint density at radius 1 is 0.377 bits per heavy atom. The zero-order valence-corrected chi connectivity index (χ0v) is 85.8. The third-order valence-electron chi connectivity index (χ3n) is 23.5. The number of aliphatic hydroxyl groups is 1. The molecule has 146 heavy (non-hydrogen) atoms. The number of ketones is 6. The van der Waals surface area contributed by atoms with Gasteiger partial charge in [0.2, 0.25) is 41.8 Å². The lowest BCUT2D eigenvalue weighted by Crippen LogP contribution is -2.54. The van der Waals surface area contributed by atoms with Crippen molar-refractivity contribution in [3.05, 3.63) is 78.4 Å². The number of ether oxygens (including phenoxy) is 11. The normalized spacial score (nSPS) is 12.7. The number of benzene rings is 2. The molecule has 0 aliphatic rings. The number of H-pyrrole nitrogens is 1. The quantitative estimate of drug-likeness (QED) is 0.0160. The van der Waals surface area contributed by atoms with Crippen molar-refractivity contribution in [3.63, 3.8) is 0 Å². The molecule has 822 valence electrons. The molecular formula is C103H163N10O33+. The Balaban J connectivity index is 1.28. The molecule has 0 spiro atoms. The molecule has 15 N–H and O–H groups in total. The molecule has 1 heterocycles. The number of carbonyl (C=O) groups is 17. The number of aromatic nitrogens is 2. The standard InChI is InChI=1S/C103H162N10O33/c1-74(2)96(104)98(126)112-97(75(3)4)103(135)146-90(67-113-50-47-105-73-113)87(118)43-35-76(25-17-19-45-106-93(123)71-143-64-60-139-56-49-109-95(125)72-142-63-57-136-51-23-27-80(115)37-42-86(102(133)134)111-92(122)30-16-12-8-6-10-14-22-54-145-84-40-33-78(34-41-84)100(129)130)88(119)66-110-85(89(120)68-114)29-18-20-46-107-94(124)70-141-62-58-137-52-24-28-82(117)69-140-61-59-138-55-48-108-91(121)44-36-79(101(131)132)65-81(116)26-15-11-7-5-9-13-21-53-144-83-38-31-77(32-39-83)99(127)128/h31-34,38-41,47,50,73-76,79,85-86,90,96-97,110,114H,5-30,35-37,42-46,48-49,51-72,104H2,1-4H3,(H10,106,107,108,109,111,112,121,122,123,124,125,126,127,128,129,130,131,132,133,134)/p+1/t76-,79-,85+,86+,90+,96+,97+/m1/s1. The van der Waals surface area contributed by atoms with Crippen LogP contribution >= 0.6 is 0 Å². The number of aromatic carboxylic acids is 2. The lowest BCUT2D eigenvalue weighted by atomic mass is 9.90. The monoisotopic (exact) mass is 2070 g/mol. The second kappa shape index (κ2) is 82.0. The fourth-order valence-electron chi connectivity index (χ4n) is 14.8. The van der Waals surface area contributed by atoms with E-state index in [1.807, 2.05) is 0 Å². The summed E-state index contributed by atoms with van der Waals surface area (Å²) < 4.78 is 62.6. The molecule has 3 aromatic rings. The number of aromatic amines is 1. The fraction of sp³-hybridized carbons (Fsp3) is 0.689. The van der Waals surface area contributed by atoms with Crippen LogP contribution in [0.1, 0.15) is 260 Å². The largest absolute Gasteiger partial charge is 0.494 e. The van der Waals surface area contributed by atoms with Crippen LogP contribution in [0, 0.1) is 23.7 Å². The Hall–Kier alpha value is -11.0. The molecule has 7 atom stereocenters. The average Bonchev–Trinajstić information content (AvgIpc) is 1.09. The van der Waals surface area contributed by atoms with E-state index in [1.165, 1.54) is 24.3 Å². The van der Waals surface area contributed by atoms with E-state index >= 15 is 0 Å². The van der Waals surface area contributed by atoms with E-state index in [4.69, 9.17) is 68.1 Å². The average molecular weight is 2070 g/mol. The summed E-state index contributed by atoms with van der Waals surface area (Å²) in [5.41, 5.74) is 6.49. The van der Waals surface area contributed by atoms with E-state index in [2.05, 4.69) is 42.2 Å². The number of imidazole rings is 1. The van der Waals surface area contributed by atoms with E-state index in [0.717, 1.165) is 77.0 Å². The smallest absolute Gasteiger partial charge is 0.335 e. The maximum atomic E-state index is 14.3. The van der Waals surface area contributed by atoms with Crippen LogP contribution in [-0.2, 0) is 121 Å². The zero-order chi connectivity index (χ0) is 107. The van der Waals surface area contributed by atoms with Crippen molar-refractivity contribution >= 4 is 100.0 Å². The Morgan fingerprint density at radius 3 is 1.32 bits per heavy atom. The van der Waals surface area contributed by atoms with E-state index in [1.54, 1.807) is 75.2 Å². The van der Waals surface area contributed by atoms with Crippen molar-refractivity contribution in [2.75, 3.05) is 158 Å². The number of nitrogens with two attached hydrogens (primary N) is 1. The molecule has 3 rings (SSSR count). The van der Waals surface area contributed by atoms with Crippen LogP contribution in [0.15, 0.2) is 67.3 Å². The first-order chi connectivity index (χ1) is 70.3. The van der Waals surface area contributed by atoms with Gasteiger partial charge in [-0.15, -0.1) is 0 Å². The van der Waals surface area contributed by atoms with Gasteiger partial charge in [0.05, 0.1) is 115 Å². The minimum Gasteiger partial charge on any atom is -0.494 e. The molecule has 0 saturated heterocycles. The van der Waals surface area contributed by atoms with Crippen LogP contribution in [-0.4, -0.2) is 319 Å². The number of aliphatic carboxylic acids is 2. The molecule has 0 aliphatic carbocycles. The molecule has 0 bridgehead atoms. The molecule has 0 saturated carbocycles. The Morgan fingerprint density at radius 2 is 0.836 bits per heavy atom. The summed E-state index contributed by atoms with van der Waals surface area (Å²) >= 11 is 0. The molecule has 43 nitrogen and oxygen atoms in total. The topological polar surface area (TPSA) is 623 Å². The maximum absolute atomic E-state index is 14.3. The highest BCUT2D eigenvalue weighted by Gasteiger charge is 2.35. The highest BCUT2D eigenvalue weighted by Crippen LogP contribution is 2.23. The van der Waals surface area contributed by atoms with Gasteiger partial charge >= 0.3 is 29.8 Å². The van der Waals surface area contributed by atoms with Crippen LogP contribution in [0.3, 0.4) is 0 Å². The van der Waals surface area contributed by atoms with Gasteiger partial charge in [0.25, 0.3) is 0 Å². The Kier molecular flexibility index (Phi) is 72.6. The van der Waals surface area contributed by atoms with Crippen LogP contribution in [0.2, 0.25) is 0 Å². The van der Waals surface area contributed by atoms with Gasteiger partial charge in [-0.1, -0.05) is 98.3 Å². The highest BCUT2D eigenvalue weighted by atomic mass is 16.6. The van der Waals surface area contributed by atoms with Crippen molar-refractivity contribution in [1.82, 2.24) is 42.2 Å². The van der Waals surface area contributed by atoms with Crippen LogP contribution in [0.4, 0.5) is 0 Å². The number of hydrogen-bond donors (Lipinski definition) is 14. The zero-order valence-electron chi connectivity index (χ0n) is 85.8. The van der Waals surface area contributed by atoms with Gasteiger partial charge in [0, 0.05) is 96.7 Å². The minimum absolute atomic E-state index is 0.000203. The number of carbonyl (C=O) groups excluding carboxylic acids is 13. The van der Waals surface area contributed by atoms with Crippen LogP contribution < -0.4 is 57.0 Å². The molecule has 43 heteroatoms. The van der Waals surface area contributed by atoms with Gasteiger partial charge in [0.15, 0.2) is 23.5 Å². The number of nitrogens with zero attached hydrogens (tertiary/aromatic N) is 1. The number of esters is 1. The van der Waals surface area contributed by atoms with Gasteiger partial charge in [-0.25, -0.2) is 23.7 Å². The molecular weight excluding hydrogens is 1910 g/mol.